The van der Waals surface area contributed by atoms with Crippen LogP contribution < -0.4 is 11.1 Å². The minimum Gasteiger partial charge on any atom is -0.508 e. The minimum atomic E-state index is -0.687. The molecule has 2 rings (SSSR count). The van der Waals surface area contributed by atoms with Crippen molar-refractivity contribution in [3.05, 3.63) is 29.8 Å². The molecule has 20 heavy (non-hydrogen) atoms. The Labute approximate surface area is 117 Å². The molecule has 6 nitrogen and oxygen atoms in total. The highest BCUT2D eigenvalue weighted by Crippen LogP contribution is 2.13. The Balaban J connectivity index is 2.01. The molecule has 2 atom stereocenters. The lowest BCUT2D eigenvalue weighted by molar-refractivity contribution is -0.143. The monoisotopic (exact) mass is 277 g/mol. The lowest BCUT2D eigenvalue weighted by Gasteiger charge is -2.34. The number of benzene rings is 1. The smallest absolute Gasteiger partial charge is 0.242 e. The third-order valence-corrected chi connectivity index (χ3v) is 3.49. The maximum absolute atomic E-state index is 12.3. The van der Waals surface area contributed by atoms with Gasteiger partial charge in [0.2, 0.25) is 11.8 Å². The number of piperazine rings is 1. The SMILES string of the molecule is CC1C(=O)NCCN1C(=O)[C@H](N)Cc1ccc(O)cc1. The van der Waals surface area contributed by atoms with Gasteiger partial charge in [-0.05, 0) is 31.0 Å². The fraction of sp³-hybridized carbons (Fsp3) is 0.429. The predicted molar refractivity (Wildman–Crippen MR) is 74.0 cm³/mol. The van der Waals surface area contributed by atoms with Gasteiger partial charge in [-0.25, -0.2) is 0 Å². The maximum Gasteiger partial charge on any atom is 0.242 e. The Morgan fingerprint density at radius 2 is 2.15 bits per heavy atom. The van der Waals surface area contributed by atoms with Gasteiger partial charge in [0.25, 0.3) is 0 Å². The number of rotatable bonds is 3. The molecular formula is C14H19N3O3. The summed E-state index contributed by atoms with van der Waals surface area (Å²) in [5.74, 6) is -0.197. The van der Waals surface area contributed by atoms with Crippen molar-refractivity contribution in [3.8, 4) is 5.75 Å². The van der Waals surface area contributed by atoms with Gasteiger partial charge in [0, 0.05) is 13.1 Å². The van der Waals surface area contributed by atoms with Crippen LogP contribution >= 0.6 is 0 Å². The van der Waals surface area contributed by atoms with Crippen LogP contribution in [-0.2, 0) is 16.0 Å². The molecule has 1 aliphatic heterocycles. The molecule has 1 fully saturated rings. The molecule has 0 aliphatic carbocycles. The second-order valence-corrected chi connectivity index (χ2v) is 4.98. The number of amides is 2. The van der Waals surface area contributed by atoms with Crippen molar-refractivity contribution in [2.24, 2.45) is 5.73 Å². The molecule has 0 radical (unpaired) electrons. The van der Waals surface area contributed by atoms with Gasteiger partial charge < -0.3 is 21.1 Å². The van der Waals surface area contributed by atoms with E-state index in [2.05, 4.69) is 5.32 Å². The van der Waals surface area contributed by atoms with Crippen LogP contribution in [-0.4, -0.2) is 47.0 Å². The number of nitrogens with zero attached hydrogens (tertiary/aromatic N) is 1. The fourth-order valence-electron chi connectivity index (χ4n) is 2.27. The summed E-state index contributed by atoms with van der Waals surface area (Å²) in [4.78, 5) is 25.4. The van der Waals surface area contributed by atoms with E-state index in [-0.39, 0.29) is 17.6 Å². The van der Waals surface area contributed by atoms with Crippen LogP contribution in [0.25, 0.3) is 0 Å². The van der Waals surface area contributed by atoms with Crippen molar-refractivity contribution in [2.45, 2.75) is 25.4 Å². The topological polar surface area (TPSA) is 95.7 Å². The molecule has 1 aliphatic rings. The highest BCUT2D eigenvalue weighted by molar-refractivity contribution is 5.90. The quantitative estimate of drug-likeness (QED) is 0.701. The number of carbonyl (C=O) groups is 2. The van der Waals surface area contributed by atoms with Gasteiger partial charge in [-0.3, -0.25) is 9.59 Å². The first kappa shape index (κ1) is 14.3. The summed E-state index contributed by atoms with van der Waals surface area (Å²) < 4.78 is 0. The average Bonchev–Trinajstić information content (AvgIpc) is 2.43. The molecule has 1 unspecified atom stereocenters. The summed E-state index contributed by atoms with van der Waals surface area (Å²) in [5, 5.41) is 11.9. The number of carbonyl (C=O) groups excluding carboxylic acids is 2. The summed E-state index contributed by atoms with van der Waals surface area (Å²) in [5.41, 5.74) is 6.81. The van der Waals surface area contributed by atoms with E-state index in [0.29, 0.717) is 19.5 Å². The van der Waals surface area contributed by atoms with Crippen molar-refractivity contribution >= 4 is 11.8 Å². The minimum absolute atomic E-state index is 0.151. The van der Waals surface area contributed by atoms with Gasteiger partial charge in [0.15, 0.2) is 0 Å². The number of aromatic hydroxyl groups is 1. The van der Waals surface area contributed by atoms with E-state index in [9.17, 15) is 14.7 Å². The van der Waals surface area contributed by atoms with Crippen LogP contribution in [0.3, 0.4) is 0 Å². The second kappa shape index (κ2) is 5.92. The first-order valence-electron chi connectivity index (χ1n) is 6.60. The zero-order chi connectivity index (χ0) is 14.7. The lowest BCUT2D eigenvalue weighted by atomic mass is 10.0. The Kier molecular flexibility index (Phi) is 4.24. The van der Waals surface area contributed by atoms with E-state index < -0.39 is 12.1 Å². The molecule has 1 aromatic rings. The molecule has 1 aromatic carbocycles. The van der Waals surface area contributed by atoms with Crippen molar-refractivity contribution in [1.82, 2.24) is 10.2 Å². The highest BCUT2D eigenvalue weighted by atomic mass is 16.3. The molecule has 0 bridgehead atoms. The number of hydrogen-bond acceptors (Lipinski definition) is 4. The molecule has 108 valence electrons. The largest absolute Gasteiger partial charge is 0.508 e. The van der Waals surface area contributed by atoms with Crippen LogP contribution in [0.5, 0.6) is 5.75 Å². The summed E-state index contributed by atoms with van der Waals surface area (Å²) in [6.45, 7) is 2.63. The highest BCUT2D eigenvalue weighted by Gasteiger charge is 2.31. The van der Waals surface area contributed by atoms with Gasteiger partial charge in [-0.2, -0.15) is 0 Å². The zero-order valence-electron chi connectivity index (χ0n) is 11.4. The molecule has 4 N–H and O–H groups in total. The standard InChI is InChI=1S/C14H19N3O3/c1-9-13(19)16-6-7-17(9)14(20)12(15)8-10-2-4-11(18)5-3-10/h2-5,9,12,18H,6-8,15H2,1H3,(H,16,19)/t9?,12-/m1/s1. The average molecular weight is 277 g/mol. The van der Waals surface area contributed by atoms with Gasteiger partial charge in [-0.1, -0.05) is 12.1 Å². The normalized spacial score (nSPS) is 20.4. The van der Waals surface area contributed by atoms with Crippen molar-refractivity contribution in [3.63, 3.8) is 0 Å². The fourth-order valence-corrected chi connectivity index (χ4v) is 2.27. The van der Waals surface area contributed by atoms with Crippen molar-refractivity contribution < 1.29 is 14.7 Å². The van der Waals surface area contributed by atoms with E-state index in [4.69, 9.17) is 5.73 Å². The Morgan fingerprint density at radius 3 is 2.80 bits per heavy atom. The lowest BCUT2D eigenvalue weighted by Crippen LogP contribution is -2.59. The molecule has 1 saturated heterocycles. The zero-order valence-corrected chi connectivity index (χ0v) is 11.4. The van der Waals surface area contributed by atoms with E-state index >= 15 is 0 Å². The van der Waals surface area contributed by atoms with Crippen LogP contribution in [0.1, 0.15) is 12.5 Å². The molecule has 2 amide bonds. The van der Waals surface area contributed by atoms with E-state index in [0.717, 1.165) is 5.56 Å². The number of nitrogens with one attached hydrogen (secondary N) is 1. The Bertz CT molecular complexity index is 501. The van der Waals surface area contributed by atoms with Crippen LogP contribution in [0.2, 0.25) is 0 Å². The molecule has 1 heterocycles. The van der Waals surface area contributed by atoms with E-state index in [1.54, 1.807) is 31.2 Å². The van der Waals surface area contributed by atoms with E-state index in [1.165, 1.54) is 4.90 Å². The second-order valence-electron chi connectivity index (χ2n) is 4.98. The Hall–Kier alpha value is -2.08. The Morgan fingerprint density at radius 1 is 1.50 bits per heavy atom. The molecule has 6 heteroatoms. The first-order chi connectivity index (χ1) is 9.49. The van der Waals surface area contributed by atoms with Crippen molar-refractivity contribution in [2.75, 3.05) is 13.1 Å². The summed E-state index contributed by atoms with van der Waals surface area (Å²) >= 11 is 0. The number of hydrogen-bond donors (Lipinski definition) is 3. The molecule has 0 saturated carbocycles. The third-order valence-electron chi connectivity index (χ3n) is 3.49. The van der Waals surface area contributed by atoms with Crippen LogP contribution in [0.4, 0.5) is 0 Å². The summed E-state index contributed by atoms with van der Waals surface area (Å²) in [7, 11) is 0. The predicted octanol–water partition coefficient (Wildman–Crippen LogP) is -0.391. The van der Waals surface area contributed by atoms with Gasteiger partial charge in [0.1, 0.15) is 11.8 Å². The van der Waals surface area contributed by atoms with Gasteiger partial charge in [0.05, 0.1) is 6.04 Å². The van der Waals surface area contributed by atoms with E-state index in [1.807, 2.05) is 0 Å². The summed E-state index contributed by atoms with van der Waals surface area (Å²) in [6.07, 6.45) is 0.379. The van der Waals surface area contributed by atoms with Crippen molar-refractivity contribution in [1.29, 1.82) is 0 Å². The molecular weight excluding hydrogens is 258 g/mol. The first-order valence-corrected chi connectivity index (χ1v) is 6.60. The van der Waals surface area contributed by atoms with Crippen LogP contribution in [0, 0.1) is 0 Å². The van der Waals surface area contributed by atoms with Gasteiger partial charge in [-0.15, -0.1) is 0 Å². The number of phenols is 1. The maximum atomic E-state index is 12.3. The van der Waals surface area contributed by atoms with Gasteiger partial charge >= 0.3 is 0 Å². The third kappa shape index (κ3) is 3.08. The summed E-state index contributed by atoms with van der Waals surface area (Å²) in [6, 6.07) is 5.41. The molecule has 0 aromatic heterocycles. The number of phenolic OH excluding ortho intramolecular Hbond substituents is 1. The molecule has 0 spiro atoms. The van der Waals surface area contributed by atoms with Crippen LogP contribution in [0.15, 0.2) is 24.3 Å². The number of nitrogens with two attached hydrogens (primary N) is 1.